The molecule has 1 aromatic rings. The molecule has 6 heteroatoms. The summed E-state index contributed by atoms with van der Waals surface area (Å²) in [5, 5.41) is 6.37. The van der Waals surface area contributed by atoms with Gasteiger partial charge in [-0.15, -0.1) is 0 Å². The number of benzene rings is 1. The predicted octanol–water partition coefficient (Wildman–Crippen LogP) is 1.45. The lowest BCUT2D eigenvalue weighted by atomic mass is 10.1. The Bertz CT molecular complexity index is 590. The standard InChI is InChI=1S/C16H27N3O2S/c1-13-10-14(2)12-15(11-13)6-8-19-16(17-3)18-7-5-9-22(4,20)21/h10-12H,5-9H2,1-4H3,(H2,17,18,19). The van der Waals surface area contributed by atoms with E-state index in [1.807, 2.05) is 0 Å². The van der Waals surface area contributed by atoms with E-state index in [4.69, 9.17) is 0 Å². The molecule has 1 rings (SSSR count). The molecule has 124 valence electrons. The van der Waals surface area contributed by atoms with Gasteiger partial charge >= 0.3 is 0 Å². The average molecular weight is 325 g/mol. The number of rotatable bonds is 7. The summed E-state index contributed by atoms with van der Waals surface area (Å²) >= 11 is 0. The van der Waals surface area contributed by atoms with Crippen LogP contribution in [0.5, 0.6) is 0 Å². The van der Waals surface area contributed by atoms with Gasteiger partial charge in [0.1, 0.15) is 9.84 Å². The summed E-state index contributed by atoms with van der Waals surface area (Å²) in [6.45, 7) is 5.59. The first kappa shape index (κ1) is 18.5. The van der Waals surface area contributed by atoms with Crippen LogP contribution in [0.4, 0.5) is 0 Å². The lowest BCUT2D eigenvalue weighted by Crippen LogP contribution is -2.39. The Morgan fingerprint density at radius 1 is 1.09 bits per heavy atom. The quantitative estimate of drug-likeness (QED) is 0.452. The van der Waals surface area contributed by atoms with E-state index in [0.717, 1.165) is 13.0 Å². The Morgan fingerprint density at radius 3 is 2.23 bits per heavy atom. The van der Waals surface area contributed by atoms with E-state index in [1.54, 1.807) is 7.05 Å². The van der Waals surface area contributed by atoms with Crippen LogP contribution in [-0.2, 0) is 16.3 Å². The van der Waals surface area contributed by atoms with Crippen LogP contribution in [0.25, 0.3) is 0 Å². The third kappa shape index (κ3) is 8.02. The van der Waals surface area contributed by atoms with Crippen LogP contribution >= 0.6 is 0 Å². The fraction of sp³-hybridized carbons (Fsp3) is 0.562. The van der Waals surface area contributed by atoms with Crippen molar-refractivity contribution in [3.63, 3.8) is 0 Å². The van der Waals surface area contributed by atoms with Gasteiger partial charge in [-0.3, -0.25) is 4.99 Å². The van der Waals surface area contributed by atoms with Crippen molar-refractivity contribution in [1.29, 1.82) is 0 Å². The zero-order valence-electron chi connectivity index (χ0n) is 13.9. The van der Waals surface area contributed by atoms with Crippen LogP contribution in [0, 0.1) is 13.8 Å². The van der Waals surface area contributed by atoms with Crippen LogP contribution in [0.1, 0.15) is 23.1 Å². The van der Waals surface area contributed by atoms with Crippen LogP contribution in [0.15, 0.2) is 23.2 Å². The van der Waals surface area contributed by atoms with E-state index >= 15 is 0 Å². The van der Waals surface area contributed by atoms with Crippen LogP contribution in [-0.4, -0.2) is 46.5 Å². The van der Waals surface area contributed by atoms with Gasteiger partial charge in [0, 0.05) is 26.4 Å². The van der Waals surface area contributed by atoms with E-state index in [1.165, 1.54) is 22.9 Å². The monoisotopic (exact) mass is 325 g/mol. The minimum absolute atomic E-state index is 0.194. The van der Waals surface area contributed by atoms with Crippen LogP contribution in [0.2, 0.25) is 0 Å². The Kier molecular flexibility index (Phi) is 7.38. The maximum absolute atomic E-state index is 11.1. The second-order valence-corrected chi connectivity index (χ2v) is 7.91. The van der Waals surface area contributed by atoms with Crippen molar-refractivity contribution in [2.24, 2.45) is 4.99 Å². The van der Waals surface area contributed by atoms with E-state index in [-0.39, 0.29) is 5.75 Å². The number of nitrogens with zero attached hydrogens (tertiary/aromatic N) is 1. The molecule has 0 unspecified atom stereocenters. The molecule has 22 heavy (non-hydrogen) atoms. The lowest BCUT2D eigenvalue weighted by Gasteiger charge is -2.12. The molecule has 0 aliphatic carbocycles. The van der Waals surface area contributed by atoms with E-state index < -0.39 is 9.84 Å². The van der Waals surface area contributed by atoms with Gasteiger partial charge in [0.05, 0.1) is 5.75 Å². The minimum atomic E-state index is -2.89. The third-order valence-corrected chi connectivity index (χ3v) is 4.23. The molecular formula is C16H27N3O2S. The highest BCUT2D eigenvalue weighted by molar-refractivity contribution is 7.90. The Labute approximate surface area is 134 Å². The zero-order valence-corrected chi connectivity index (χ0v) is 14.8. The van der Waals surface area contributed by atoms with Gasteiger partial charge in [0.25, 0.3) is 0 Å². The Morgan fingerprint density at radius 2 is 1.68 bits per heavy atom. The summed E-state index contributed by atoms with van der Waals surface area (Å²) in [6.07, 6.45) is 2.76. The van der Waals surface area contributed by atoms with Crippen molar-refractivity contribution in [2.45, 2.75) is 26.7 Å². The van der Waals surface area contributed by atoms with Gasteiger partial charge in [-0.05, 0) is 32.3 Å². The summed E-state index contributed by atoms with van der Waals surface area (Å²) in [6, 6.07) is 6.55. The summed E-state index contributed by atoms with van der Waals surface area (Å²) < 4.78 is 22.1. The van der Waals surface area contributed by atoms with Crippen molar-refractivity contribution < 1.29 is 8.42 Å². The first-order valence-electron chi connectivity index (χ1n) is 7.49. The Balaban J connectivity index is 2.32. The molecule has 1 aromatic carbocycles. The first-order valence-corrected chi connectivity index (χ1v) is 9.55. The van der Waals surface area contributed by atoms with Gasteiger partial charge < -0.3 is 10.6 Å². The second-order valence-electron chi connectivity index (χ2n) is 5.66. The molecule has 0 aliphatic rings. The number of guanidine groups is 1. The highest BCUT2D eigenvalue weighted by atomic mass is 32.2. The zero-order chi connectivity index (χ0) is 16.6. The number of aryl methyl sites for hydroxylation is 2. The fourth-order valence-corrected chi connectivity index (χ4v) is 2.97. The highest BCUT2D eigenvalue weighted by Gasteiger charge is 2.03. The summed E-state index contributed by atoms with van der Waals surface area (Å²) in [5.74, 6) is 0.900. The number of sulfone groups is 1. The SMILES string of the molecule is CN=C(NCCCS(C)(=O)=O)NCCc1cc(C)cc(C)c1. The summed E-state index contributed by atoms with van der Waals surface area (Å²) in [5.41, 5.74) is 3.86. The van der Waals surface area contributed by atoms with Crippen molar-refractivity contribution in [3.05, 3.63) is 34.9 Å². The van der Waals surface area contributed by atoms with Crippen LogP contribution < -0.4 is 10.6 Å². The molecule has 5 nitrogen and oxygen atoms in total. The van der Waals surface area contributed by atoms with Gasteiger partial charge in [-0.1, -0.05) is 29.3 Å². The molecular weight excluding hydrogens is 298 g/mol. The van der Waals surface area contributed by atoms with Crippen molar-refractivity contribution in [1.82, 2.24) is 10.6 Å². The van der Waals surface area contributed by atoms with Crippen molar-refractivity contribution in [2.75, 3.05) is 32.1 Å². The lowest BCUT2D eigenvalue weighted by molar-refractivity contribution is 0.598. The smallest absolute Gasteiger partial charge is 0.190 e. The molecule has 0 aliphatic heterocycles. The molecule has 0 bridgehead atoms. The first-order chi connectivity index (χ1) is 10.3. The minimum Gasteiger partial charge on any atom is -0.356 e. The van der Waals surface area contributed by atoms with Gasteiger partial charge in [0.2, 0.25) is 0 Å². The number of hydrogen-bond acceptors (Lipinski definition) is 3. The predicted molar refractivity (Wildman–Crippen MR) is 93.3 cm³/mol. The molecule has 2 N–H and O–H groups in total. The molecule has 0 heterocycles. The third-order valence-electron chi connectivity index (χ3n) is 3.20. The van der Waals surface area contributed by atoms with E-state index in [9.17, 15) is 8.42 Å². The molecule has 0 radical (unpaired) electrons. The maximum Gasteiger partial charge on any atom is 0.190 e. The van der Waals surface area contributed by atoms with Crippen LogP contribution in [0.3, 0.4) is 0 Å². The topological polar surface area (TPSA) is 70.6 Å². The molecule has 0 saturated carbocycles. The fourth-order valence-electron chi connectivity index (χ4n) is 2.30. The van der Waals surface area contributed by atoms with E-state index in [2.05, 4.69) is 47.7 Å². The van der Waals surface area contributed by atoms with Crippen molar-refractivity contribution in [3.8, 4) is 0 Å². The summed E-state index contributed by atoms with van der Waals surface area (Å²) in [4.78, 5) is 4.13. The number of nitrogens with one attached hydrogen (secondary N) is 2. The van der Waals surface area contributed by atoms with Crippen molar-refractivity contribution >= 4 is 15.8 Å². The average Bonchev–Trinajstić information content (AvgIpc) is 2.39. The molecule has 0 aromatic heterocycles. The second kappa shape index (κ2) is 8.78. The molecule has 0 fully saturated rings. The normalized spacial score (nSPS) is 12.3. The Hall–Kier alpha value is -1.56. The number of hydrogen-bond donors (Lipinski definition) is 2. The molecule has 0 saturated heterocycles. The molecule has 0 spiro atoms. The largest absolute Gasteiger partial charge is 0.356 e. The van der Waals surface area contributed by atoms with Gasteiger partial charge in [-0.2, -0.15) is 0 Å². The number of aliphatic imine (C=N–C) groups is 1. The summed E-state index contributed by atoms with van der Waals surface area (Å²) in [7, 11) is -1.18. The highest BCUT2D eigenvalue weighted by Crippen LogP contribution is 2.08. The van der Waals surface area contributed by atoms with Gasteiger partial charge in [0.15, 0.2) is 5.96 Å². The van der Waals surface area contributed by atoms with Gasteiger partial charge in [-0.25, -0.2) is 8.42 Å². The molecule has 0 amide bonds. The van der Waals surface area contributed by atoms with E-state index in [0.29, 0.717) is 18.9 Å². The molecule has 0 atom stereocenters. The maximum atomic E-state index is 11.1.